The van der Waals surface area contributed by atoms with E-state index in [-0.39, 0.29) is 12.6 Å². The lowest BCUT2D eigenvalue weighted by Crippen LogP contribution is -2.37. The Bertz CT molecular complexity index is 673. The maximum atomic E-state index is 12.4. The highest BCUT2D eigenvalue weighted by molar-refractivity contribution is 5.89. The van der Waals surface area contributed by atoms with Gasteiger partial charge < -0.3 is 15.3 Å². The third kappa shape index (κ3) is 5.83. The van der Waals surface area contributed by atoms with Crippen molar-refractivity contribution in [1.29, 1.82) is 0 Å². The van der Waals surface area contributed by atoms with Crippen molar-refractivity contribution < 1.29 is 9.90 Å². The van der Waals surface area contributed by atoms with E-state index in [1.807, 2.05) is 37.3 Å². The molecule has 0 aliphatic carbocycles. The number of anilines is 1. The molecule has 2 N–H and O–H groups in total. The van der Waals surface area contributed by atoms with E-state index in [0.29, 0.717) is 24.6 Å². The monoisotopic (exact) mass is 342 g/mol. The number of aryl methyl sites for hydroxylation is 1. The van der Waals surface area contributed by atoms with Crippen LogP contribution in [0.1, 0.15) is 31.9 Å². The molecule has 1 heterocycles. The minimum absolute atomic E-state index is 0.0385. The van der Waals surface area contributed by atoms with Crippen molar-refractivity contribution in [2.75, 3.05) is 25.0 Å². The molecule has 6 heteroatoms. The van der Waals surface area contributed by atoms with Crippen molar-refractivity contribution in [2.45, 2.75) is 33.1 Å². The summed E-state index contributed by atoms with van der Waals surface area (Å²) in [5.41, 5.74) is 2.52. The molecule has 0 saturated carbocycles. The lowest BCUT2D eigenvalue weighted by Gasteiger charge is -2.22. The predicted octanol–water partition coefficient (Wildman–Crippen LogP) is 3.47. The summed E-state index contributed by atoms with van der Waals surface area (Å²) in [5.74, 6) is 0.666. The van der Waals surface area contributed by atoms with Crippen LogP contribution in [0.3, 0.4) is 0 Å². The number of carbonyl (C=O) groups is 1. The quantitative estimate of drug-likeness (QED) is 0.720. The van der Waals surface area contributed by atoms with E-state index in [1.165, 1.54) is 0 Å². The van der Waals surface area contributed by atoms with E-state index in [9.17, 15) is 4.79 Å². The summed E-state index contributed by atoms with van der Waals surface area (Å²) < 4.78 is 0. The van der Waals surface area contributed by atoms with E-state index >= 15 is 0 Å². The number of carbonyl (C=O) groups excluding carboxylic acids is 1. The molecule has 0 spiro atoms. The third-order valence-electron chi connectivity index (χ3n) is 3.88. The van der Waals surface area contributed by atoms with Gasteiger partial charge in [0.2, 0.25) is 0 Å². The van der Waals surface area contributed by atoms with E-state index in [4.69, 9.17) is 5.11 Å². The molecule has 1 aromatic heterocycles. The fraction of sp³-hybridized carbons (Fsp3) is 0.421. The van der Waals surface area contributed by atoms with Gasteiger partial charge in [-0.1, -0.05) is 19.8 Å². The number of rotatable bonds is 8. The molecule has 2 amide bonds. The Morgan fingerprint density at radius 1 is 1.16 bits per heavy atom. The van der Waals surface area contributed by atoms with Crippen LogP contribution >= 0.6 is 0 Å². The molecule has 0 radical (unpaired) electrons. The summed E-state index contributed by atoms with van der Waals surface area (Å²) in [7, 11) is 0. The normalized spacial score (nSPS) is 10.5. The Morgan fingerprint density at radius 3 is 2.56 bits per heavy atom. The number of nitrogens with one attached hydrogen (secondary N) is 1. The number of aliphatic hydroxyl groups excluding tert-OH is 1. The van der Waals surface area contributed by atoms with Gasteiger partial charge in [0.05, 0.1) is 6.61 Å². The molecular weight excluding hydrogens is 316 g/mol. The zero-order valence-corrected chi connectivity index (χ0v) is 14.9. The molecule has 1 aromatic carbocycles. The first kappa shape index (κ1) is 18.9. The molecule has 0 saturated heterocycles. The largest absolute Gasteiger partial charge is 0.395 e. The fourth-order valence-corrected chi connectivity index (χ4v) is 2.48. The second kappa shape index (κ2) is 9.74. The zero-order valence-electron chi connectivity index (χ0n) is 14.9. The second-order valence-electron chi connectivity index (χ2n) is 5.95. The Morgan fingerprint density at radius 2 is 1.92 bits per heavy atom. The minimum atomic E-state index is -0.190. The Balaban J connectivity index is 2.00. The number of urea groups is 1. The molecule has 6 nitrogen and oxygen atoms in total. The first-order valence-electron chi connectivity index (χ1n) is 8.71. The van der Waals surface area contributed by atoms with Gasteiger partial charge in [-0.2, -0.15) is 0 Å². The number of nitrogens with zero attached hydrogens (tertiary/aromatic N) is 3. The number of unbranched alkanes of at least 4 members (excludes halogenated alkanes) is 2. The minimum Gasteiger partial charge on any atom is -0.395 e. The first-order chi connectivity index (χ1) is 12.1. The Hall–Kier alpha value is -2.47. The first-order valence-corrected chi connectivity index (χ1v) is 8.71. The van der Waals surface area contributed by atoms with Crippen molar-refractivity contribution in [2.24, 2.45) is 0 Å². The van der Waals surface area contributed by atoms with Crippen molar-refractivity contribution in [1.82, 2.24) is 14.9 Å². The van der Waals surface area contributed by atoms with Crippen molar-refractivity contribution >= 4 is 11.7 Å². The van der Waals surface area contributed by atoms with Gasteiger partial charge in [-0.05, 0) is 43.7 Å². The van der Waals surface area contributed by atoms with Crippen LogP contribution in [0.15, 0.2) is 36.5 Å². The topological polar surface area (TPSA) is 78.4 Å². The molecule has 0 aliphatic rings. The van der Waals surface area contributed by atoms with Crippen LogP contribution in [0.25, 0.3) is 11.4 Å². The fourth-order valence-electron chi connectivity index (χ4n) is 2.48. The van der Waals surface area contributed by atoms with E-state index < -0.39 is 0 Å². The van der Waals surface area contributed by atoms with E-state index in [0.717, 1.165) is 30.5 Å². The van der Waals surface area contributed by atoms with Crippen LogP contribution in [0, 0.1) is 6.92 Å². The number of aliphatic hydroxyl groups is 1. The van der Waals surface area contributed by atoms with E-state index in [1.54, 1.807) is 11.1 Å². The van der Waals surface area contributed by atoms with Crippen molar-refractivity contribution in [3.8, 4) is 11.4 Å². The van der Waals surface area contributed by atoms with Gasteiger partial charge in [0.1, 0.15) is 0 Å². The van der Waals surface area contributed by atoms with Crippen LogP contribution < -0.4 is 5.32 Å². The van der Waals surface area contributed by atoms with Gasteiger partial charge in [-0.15, -0.1) is 0 Å². The SMILES string of the molecule is CCCCCN(CCO)C(=O)Nc1ccc(-c2nccc(C)n2)cc1. The average Bonchev–Trinajstić information content (AvgIpc) is 2.62. The Labute approximate surface area is 148 Å². The van der Waals surface area contributed by atoms with E-state index in [2.05, 4.69) is 22.2 Å². The molecule has 0 bridgehead atoms. The van der Waals surface area contributed by atoms with Crippen LogP contribution in [0.4, 0.5) is 10.5 Å². The van der Waals surface area contributed by atoms with Crippen molar-refractivity contribution in [3.05, 3.63) is 42.2 Å². The standard InChI is InChI=1S/C19H26N4O2/c1-3-4-5-12-23(13-14-24)19(25)22-17-8-6-16(7-9-17)18-20-11-10-15(2)21-18/h6-11,24H,3-5,12-14H2,1-2H3,(H,22,25). The van der Waals surface area contributed by atoms with Crippen LogP contribution in [-0.4, -0.2) is 45.7 Å². The molecule has 2 aromatic rings. The number of benzene rings is 1. The molecule has 0 fully saturated rings. The molecule has 25 heavy (non-hydrogen) atoms. The lowest BCUT2D eigenvalue weighted by molar-refractivity contribution is 0.187. The number of hydrogen-bond acceptors (Lipinski definition) is 4. The van der Waals surface area contributed by atoms with Gasteiger partial charge in [0.15, 0.2) is 5.82 Å². The Kier molecular flexibility index (Phi) is 7.35. The molecular formula is C19H26N4O2. The zero-order chi connectivity index (χ0) is 18.1. The highest BCUT2D eigenvalue weighted by atomic mass is 16.3. The summed E-state index contributed by atoms with van der Waals surface area (Å²) in [5, 5.41) is 12.0. The highest BCUT2D eigenvalue weighted by Crippen LogP contribution is 2.18. The molecule has 0 aliphatic heterocycles. The number of hydrogen-bond donors (Lipinski definition) is 2. The number of amides is 2. The number of aromatic nitrogens is 2. The maximum absolute atomic E-state index is 12.4. The summed E-state index contributed by atoms with van der Waals surface area (Å²) in [6.07, 6.45) is 4.83. The maximum Gasteiger partial charge on any atom is 0.321 e. The van der Waals surface area contributed by atoms with Crippen molar-refractivity contribution in [3.63, 3.8) is 0 Å². The van der Waals surface area contributed by atoms with Gasteiger partial charge in [0, 0.05) is 36.2 Å². The summed E-state index contributed by atoms with van der Waals surface area (Å²) >= 11 is 0. The lowest BCUT2D eigenvalue weighted by atomic mass is 10.2. The van der Waals surface area contributed by atoms with Crippen LogP contribution in [0.5, 0.6) is 0 Å². The smallest absolute Gasteiger partial charge is 0.321 e. The summed E-state index contributed by atoms with van der Waals surface area (Å²) in [6.45, 7) is 4.99. The van der Waals surface area contributed by atoms with Gasteiger partial charge >= 0.3 is 6.03 Å². The van der Waals surface area contributed by atoms with Gasteiger partial charge in [-0.25, -0.2) is 14.8 Å². The average molecular weight is 342 g/mol. The van der Waals surface area contributed by atoms with Gasteiger partial charge in [0.25, 0.3) is 0 Å². The van der Waals surface area contributed by atoms with Crippen LogP contribution in [0.2, 0.25) is 0 Å². The molecule has 0 atom stereocenters. The third-order valence-corrected chi connectivity index (χ3v) is 3.88. The molecule has 0 unspecified atom stereocenters. The molecule has 134 valence electrons. The van der Waals surface area contributed by atoms with Gasteiger partial charge in [-0.3, -0.25) is 0 Å². The molecule has 2 rings (SSSR count). The second-order valence-corrected chi connectivity index (χ2v) is 5.95. The summed E-state index contributed by atoms with van der Waals surface area (Å²) in [4.78, 5) is 22.7. The van der Waals surface area contributed by atoms with Crippen LogP contribution in [-0.2, 0) is 0 Å². The summed E-state index contributed by atoms with van der Waals surface area (Å²) in [6, 6.07) is 9.11. The predicted molar refractivity (Wildman–Crippen MR) is 99.4 cm³/mol. The highest BCUT2D eigenvalue weighted by Gasteiger charge is 2.12.